The van der Waals surface area contributed by atoms with E-state index in [0.717, 1.165) is 16.8 Å². The van der Waals surface area contributed by atoms with E-state index >= 15 is 0 Å². The highest BCUT2D eigenvalue weighted by Crippen LogP contribution is 2.21. The van der Waals surface area contributed by atoms with Crippen LogP contribution in [-0.4, -0.2) is 46.9 Å². The molecule has 160 valence electrons. The second-order valence-corrected chi connectivity index (χ2v) is 8.05. The zero-order valence-corrected chi connectivity index (χ0v) is 18.3. The number of nitrogens with zero attached hydrogens (tertiary/aromatic N) is 4. The first-order chi connectivity index (χ1) is 14.9. The molecule has 1 aromatic heterocycles. The van der Waals surface area contributed by atoms with Gasteiger partial charge in [-0.05, 0) is 49.7 Å². The smallest absolute Gasteiger partial charge is 0.321 e. The monoisotopic (exact) mass is 437 g/mol. The maximum Gasteiger partial charge on any atom is 0.321 e. The minimum atomic E-state index is -0.178. The van der Waals surface area contributed by atoms with E-state index in [4.69, 9.17) is 11.6 Å². The lowest BCUT2D eigenvalue weighted by atomic mass is 10.2. The number of nitrogens with one attached hydrogen (secondary N) is 1. The van der Waals surface area contributed by atoms with Crippen molar-refractivity contribution >= 4 is 29.1 Å². The number of aryl methyl sites for hydroxylation is 2. The van der Waals surface area contributed by atoms with E-state index in [-0.39, 0.29) is 11.6 Å². The number of aromatic nitrogens is 2. The first kappa shape index (κ1) is 20.9. The number of anilines is 2. The number of urea groups is 1. The number of piperazine rings is 1. The number of carbonyl (C=O) groups is 1. The van der Waals surface area contributed by atoms with Gasteiger partial charge in [0.15, 0.2) is 0 Å². The molecule has 1 aliphatic rings. The molecule has 0 aliphatic carbocycles. The lowest BCUT2D eigenvalue weighted by molar-refractivity contribution is 0.208. The quantitative estimate of drug-likeness (QED) is 0.675. The molecule has 8 heteroatoms. The van der Waals surface area contributed by atoms with E-state index in [0.29, 0.717) is 42.7 Å². The van der Waals surface area contributed by atoms with Crippen molar-refractivity contribution in [2.24, 2.45) is 0 Å². The van der Waals surface area contributed by atoms with Crippen LogP contribution in [0.1, 0.15) is 11.1 Å². The summed E-state index contributed by atoms with van der Waals surface area (Å²) < 4.78 is 1.41. The van der Waals surface area contributed by atoms with Gasteiger partial charge in [0.2, 0.25) is 0 Å². The molecule has 1 fully saturated rings. The molecule has 4 rings (SSSR count). The molecule has 3 aromatic rings. The van der Waals surface area contributed by atoms with Gasteiger partial charge < -0.3 is 15.1 Å². The zero-order valence-electron chi connectivity index (χ0n) is 17.5. The Morgan fingerprint density at radius 3 is 2.35 bits per heavy atom. The zero-order chi connectivity index (χ0) is 22.0. The average molecular weight is 438 g/mol. The Morgan fingerprint density at radius 1 is 0.968 bits per heavy atom. The van der Waals surface area contributed by atoms with Crippen molar-refractivity contribution in [2.75, 3.05) is 36.4 Å². The van der Waals surface area contributed by atoms with Crippen molar-refractivity contribution in [1.82, 2.24) is 14.7 Å². The molecule has 0 spiro atoms. The molecular formula is C23H24ClN5O2. The van der Waals surface area contributed by atoms with Crippen LogP contribution in [0.15, 0.2) is 59.4 Å². The Bertz CT molecular complexity index is 1150. The first-order valence-electron chi connectivity index (χ1n) is 10.2. The van der Waals surface area contributed by atoms with Crippen molar-refractivity contribution in [2.45, 2.75) is 13.8 Å². The lowest BCUT2D eigenvalue weighted by Crippen LogP contribution is -2.50. The van der Waals surface area contributed by atoms with Crippen LogP contribution in [-0.2, 0) is 0 Å². The van der Waals surface area contributed by atoms with E-state index in [1.165, 1.54) is 10.7 Å². The minimum Gasteiger partial charge on any atom is -0.352 e. The largest absolute Gasteiger partial charge is 0.352 e. The normalized spacial score (nSPS) is 13.9. The molecule has 0 radical (unpaired) electrons. The molecule has 7 nitrogen and oxygen atoms in total. The molecule has 0 atom stereocenters. The molecule has 1 saturated heterocycles. The summed E-state index contributed by atoms with van der Waals surface area (Å²) in [5.41, 5.74) is 3.31. The van der Waals surface area contributed by atoms with Crippen LogP contribution in [0.25, 0.3) is 5.69 Å². The molecule has 2 amide bonds. The van der Waals surface area contributed by atoms with Crippen LogP contribution in [0, 0.1) is 13.8 Å². The summed E-state index contributed by atoms with van der Waals surface area (Å²) in [4.78, 5) is 28.8. The summed E-state index contributed by atoms with van der Waals surface area (Å²) in [6.45, 7) is 6.28. The van der Waals surface area contributed by atoms with Gasteiger partial charge in [-0.25, -0.2) is 4.79 Å². The van der Waals surface area contributed by atoms with Crippen LogP contribution in [0.5, 0.6) is 0 Å². The Morgan fingerprint density at radius 2 is 1.68 bits per heavy atom. The third-order valence-corrected chi connectivity index (χ3v) is 5.79. The van der Waals surface area contributed by atoms with Gasteiger partial charge >= 0.3 is 6.03 Å². The number of benzene rings is 2. The lowest BCUT2D eigenvalue weighted by Gasteiger charge is -2.35. The molecule has 1 aliphatic heterocycles. The number of carbonyl (C=O) groups excluding carboxylic acids is 1. The summed E-state index contributed by atoms with van der Waals surface area (Å²) >= 11 is 6.14. The summed E-state index contributed by atoms with van der Waals surface area (Å²) in [6.07, 6.45) is 0. The van der Waals surface area contributed by atoms with Crippen molar-refractivity contribution in [1.29, 1.82) is 0 Å². The predicted molar refractivity (Wildman–Crippen MR) is 124 cm³/mol. The standard InChI is InChI=1S/C23H24ClN5O2/c1-16-3-7-19(8-4-16)29-22(30)10-9-21(26-29)27-11-13-28(14-12-27)23(31)25-18-6-5-17(2)20(24)15-18/h3-10,15H,11-14H2,1-2H3,(H,25,31). The Balaban J connectivity index is 1.42. The molecule has 2 aromatic carbocycles. The Kier molecular flexibility index (Phi) is 5.95. The molecule has 1 N–H and O–H groups in total. The fourth-order valence-electron chi connectivity index (χ4n) is 3.45. The van der Waals surface area contributed by atoms with Crippen molar-refractivity contribution < 1.29 is 4.79 Å². The van der Waals surface area contributed by atoms with Gasteiger partial charge in [-0.15, -0.1) is 5.10 Å². The molecular weight excluding hydrogens is 414 g/mol. The van der Waals surface area contributed by atoms with Gasteiger partial charge in [0.25, 0.3) is 5.56 Å². The second kappa shape index (κ2) is 8.81. The van der Waals surface area contributed by atoms with Crippen LogP contribution < -0.4 is 15.8 Å². The fourth-order valence-corrected chi connectivity index (χ4v) is 3.63. The van der Waals surface area contributed by atoms with Crippen LogP contribution >= 0.6 is 11.6 Å². The summed E-state index contributed by atoms with van der Waals surface area (Å²) in [5, 5.41) is 8.07. The van der Waals surface area contributed by atoms with E-state index in [1.54, 1.807) is 17.0 Å². The maximum atomic E-state index is 12.6. The number of hydrogen-bond donors (Lipinski definition) is 1. The Hall–Kier alpha value is -3.32. The topological polar surface area (TPSA) is 70.5 Å². The van der Waals surface area contributed by atoms with E-state index in [1.807, 2.05) is 50.2 Å². The highest BCUT2D eigenvalue weighted by molar-refractivity contribution is 6.31. The van der Waals surface area contributed by atoms with E-state index < -0.39 is 0 Å². The first-order valence-corrected chi connectivity index (χ1v) is 10.5. The summed E-state index contributed by atoms with van der Waals surface area (Å²) in [5.74, 6) is 0.713. The van der Waals surface area contributed by atoms with E-state index in [2.05, 4.69) is 15.3 Å². The number of hydrogen-bond acceptors (Lipinski definition) is 4. The second-order valence-electron chi connectivity index (χ2n) is 7.65. The predicted octanol–water partition coefficient (Wildman–Crippen LogP) is 3.86. The van der Waals surface area contributed by atoms with Crippen LogP contribution in [0.4, 0.5) is 16.3 Å². The van der Waals surface area contributed by atoms with Gasteiger partial charge in [0, 0.05) is 43.0 Å². The highest BCUT2D eigenvalue weighted by atomic mass is 35.5. The Labute approximate surface area is 185 Å². The van der Waals surface area contributed by atoms with Gasteiger partial charge in [-0.1, -0.05) is 35.4 Å². The number of halogens is 1. The van der Waals surface area contributed by atoms with Crippen molar-refractivity contribution in [3.63, 3.8) is 0 Å². The molecule has 0 bridgehead atoms. The van der Waals surface area contributed by atoms with Crippen molar-refractivity contribution in [3.05, 3.63) is 81.1 Å². The third kappa shape index (κ3) is 4.72. The van der Waals surface area contributed by atoms with Gasteiger partial charge in [-0.2, -0.15) is 4.68 Å². The third-order valence-electron chi connectivity index (χ3n) is 5.38. The van der Waals surface area contributed by atoms with Crippen LogP contribution in [0.2, 0.25) is 5.02 Å². The number of amides is 2. The van der Waals surface area contributed by atoms with Crippen molar-refractivity contribution in [3.8, 4) is 5.69 Å². The molecule has 2 heterocycles. The van der Waals surface area contributed by atoms with Gasteiger partial charge in [0.05, 0.1) is 5.69 Å². The minimum absolute atomic E-state index is 0.155. The number of rotatable bonds is 3. The van der Waals surface area contributed by atoms with Gasteiger partial charge in [0.1, 0.15) is 5.82 Å². The maximum absolute atomic E-state index is 12.6. The molecule has 31 heavy (non-hydrogen) atoms. The van der Waals surface area contributed by atoms with Crippen LogP contribution in [0.3, 0.4) is 0 Å². The average Bonchev–Trinajstić information content (AvgIpc) is 2.77. The fraction of sp³-hybridized carbons (Fsp3) is 0.261. The van der Waals surface area contributed by atoms with Gasteiger partial charge in [-0.3, -0.25) is 4.79 Å². The summed E-state index contributed by atoms with van der Waals surface area (Å²) in [6, 6.07) is 16.3. The molecule has 0 unspecified atom stereocenters. The summed E-state index contributed by atoms with van der Waals surface area (Å²) in [7, 11) is 0. The van der Waals surface area contributed by atoms with E-state index in [9.17, 15) is 9.59 Å². The molecule has 0 saturated carbocycles. The SMILES string of the molecule is Cc1ccc(-n2nc(N3CCN(C(=O)Nc4ccc(C)c(Cl)c4)CC3)ccc2=O)cc1. The highest BCUT2D eigenvalue weighted by Gasteiger charge is 2.22.